The second kappa shape index (κ2) is 8.98. The number of β-amino-alcohol motifs (C(OH)–C–C–N with tert-alkyl or cyclic N) is 1. The van der Waals surface area contributed by atoms with Gasteiger partial charge in [0.25, 0.3) is 0 Å². The van der Waals surface area contributed by atoms with Crippen molar-refractivity contribution in [3.05, 3.63) is 53.9 Å². The highest BCUT2D eigenvalue weighted by atomic mass is 16.5. The van der Waals surface area contributed by atoms with Gasteiger partial charge in [0.15, 0.2) is 0 Å². The largest absolute Gasteiger partial charge is 0.497 e. The maximum atomic E-state index is 10.7. The molecule has 6 heteroatoms. The van der Waals surface area contributed by atoms with Crippen LogP contribution >= 0.6 is 0 Å². The summed E-state index contributed by atoms with van der Waals surface area (Å²) in [5, 5.41) is 10.7. The van der Waals surface area contributed by atoms with Crippen LogP contribution in [-0.2, 0) is 6.54 Å². The first-order valence-corrected chi connectivity index (χ1v) is 8.94. The molecular formula is C20H27N3O3. The summed E-state index contributed by atoms with van der Waals surface area (Å²) in [6.07, 6.45) is 1.23. The number of ether oxygens (including phenoxy) is 2. The van der Waals surface area contributed by atoms with E-state index in [1.54, 1.807) is 14.2 Å². The van der Waals surface area contributed by atoms with Crippen LogP contribution in [0.4, 0.5) is 0 Å². The molecule has 1 aromatic carbocycles. The SMILES string of the molecule is COc1ccc(OC)c([C@@H](O)CN2CCN(Cc3ccccn3)CC2)c1. The second-order valence-corrected chi connectivity index (χ2v) is 6.52. The maximum Gasteiger partial charge on any atom is 0.124 e. The highest BCUT2D eigenvalue weighted by molar-refractivity contribution is 5.41. The molecule has 1 fully saturated rings. The zero-order chi connectivity index (χ0) is 18.4. The summed E-state index contributed by atoms with van der Waals surface area (Å²) in [4.78, 5) is 9.08. The Morgan fingerprint density at radius 3 is 2.46 bits per heavy atom. The lowest BCUT2D eigenvalue weighted by Gasteiger charge is -2.35. The Kier molecular flexibility index (Phi) is 6.44. The molecule has 3 rings (SSSR count). The molecule has 0 bridgehead atoms. The lowest BCUT2D eigenvalue weighted by molar-refractivity contribution is 0.0684. The minimum Gasteiger partial charge on any atom is -0.497 e. The smallest absolute Gasteiger partial charge is 0.124 e. The highest BCUT2D eigenvalue weighted by Gasteiger charge is 2.22. The van der Waals surface area contributed by atoms with E-state index >= 15 is 0 Å². The number of pyridine rings is 1. The van der Waals surface area contributed by atoms with Gasteiger partial charge >= 0.3 is 0 Å². The first-order valence-electron chi connectivity index (χ1n) is 8.94. The number of nitrogens with zero attached hydrogens (tertiary/aromatic N) is 3. The summed E-state index contributed by atoms with van der Waals surface area (Å²) >= 11 is 0. The molecule has 1 saturated heterocycles. The first-order chi connectivity index (χ1) is 12.7. The molecule has 0 amide bonds. The van der Waals surface area contributed by atoms with Gasteiger partial charge in [-0.15, -0.1) is 0 Å². The zero-order valence-electron chi connectivity index (χ0n) is 15.5. The molecule has 1 aliphatic rings. The molecule has 6 nitrogen and oxygen atoms in total. The molecule has 2 aromatic rings. The minimum absolute atomic E-state index is 0.584. The number of piperazine rings is 1. The van der Waals surface area contributed by atoms with Crippen LogP contribution in [0.25, 0.3) is 0 Å². The quantitative estimate of drug-likeness (QED) is 0.817. The average Bonchev–Trinajstić information content (AvgIpc) is 2.69. The standard InChI is InChI=1S/C20H27N3O3/c1-25-17-6-7-20(26-2)18(13-17)19(24)15-23-11-9-22(10-12-23)14-16-5-3-4-8-21-16/h3-8,13,19,24H,9-12,14-15H2,1-2H3/t19-/m0/s1. The fraction of sp³-hybridized carbons (Fsp3) is 0.450. The lowest BCUT2D eigenvalue weighted by atomic mass is 10.1. The normalized spacial score (nSPS) is 17.0. The molecule has 0 radical (unpaired) electrons. The van der Waals surface area contributed by atoms with Crippen molar-refractivity contribution in [2.45, 2.75) is 12.6 Å². The van der Waals surface area contributed by atoms with Gasteiger partial charge in [0, 0.05) is 51.0 Å². The molecule has 1 aromatic heterocycles. The molecule has 0 unspecified atom stereocenters. The van der Waals surface area contributed by atoms with Gasteiger partial charge < -0.3 is 14.6 Å². The Hall–Kier alpha value is -2.15. The van der Waals surface area contributed by atoms with Crippen LogP contribution in [0.1, 0.15) is 17.4 Å². The van der Waals surface area contributed by atoms with Crippen molar-refractivity contribution >= 4 is 0 Å². The summed E-state index contributed by atoms with van der Waals surface area (Å²) in [5.74, 6) is 1.41. The number of hydrogen-bond donors (Lipinski definition) is 1. The Morgan fingerprint density at radius 1 is 1.04 bits per heavy atom. The van der Waals surface area contributed by atoms with Crippen molar-refractivity contribution in [1.82, 2.24) is 14.8 Å². The molecule has 0 aliphatic carbocycles. The number of hydrogen-bond acceptors (Lipinski definition) is 6. The Bertz CT molecular complexity index is 688. The predicted molar refractivity (Wildman–Crippen MR) is 100 cm³/mol. The lowest BCUT2D eigenvalue weighted by Crippen LogP contribution is -2.47. The van der Waals surface area contributed by atoms with E-state index in [-0.39, 0.29) is 0 Å². The van der Waals surface area contributed by atoms with E-state index < -0.39 is 6.10 Å². The molecular weight excluding hydrogens is 330 g/mol. The van der Waals surface area contributed by atoms with E-state index in [2.05, 4.69) is 20.9 Å². The van der Waals surface area contributed by atoms with E-state index in [0.29, 0.717) is 12.3 Å². The third-order valence-corrected chi connectivity index (χ3v) is 4.80. The molecule has 2 heterocycles. The molecule has 0 saturated carbocycles. The molecule has 1 aliphatic heterocycles. The van der Waals surface area contributed by atoms with Crippen LogP contribution in [0, 0.1) is 0 Å². The van der Waals surface area contributed by atoms with Gasteiger partial charge in [-0.25, -0.2) is 0 Å². The molecule has 140 valence electrons. The maximum absolute atomic E-state index is 10.7. The van der Waals surface area contributed by atoms with Crippen molar-refractivity contribution in [3.63, 3.8) is 0 Å². The van der Waals surface area contributed by atoms with Gasteiger partial charge in [-0.05, 0) is 30.3 Å². The van der Waals surface area contributed by atoms with Crippen LogP contribution in [-0.4, -0.2) is 66.8 Å². The number of aromatic nitrogens is 1. The molecule has 1 N–H and O–H groups in total. The van der Waals surface area contributed by atoms with Gasteiger partial charge in [0.05, 0.1) is 26.0 Å². The van der Waals surface area contributed by atoms with Crippen LogP contribution in [0.5, 0.6) is 11.5 Å². The van der Waals surface area contributed by atoms with Crippen molar-refractivity contribution in [2.75, 3.05) is 46.9 Å². The second-order valence-electron chi connectivity index (χ2n) is 6.52. The summed E-state index contributed by atoms with van der Waals surface area (Å²) < 4.78 is 10.7. The fourth-order valence-corrected chi connectivity index (χ4v) is 3.29. The van der Waals surface area contributed by atoms with Gasteiger partial charge in [-0.2, -0.15) is 0 Å². The van der Waals surface area contributed by atoms with Gasteiger partial charge in [0.1, 0.15) is 11.5 Å². The summed E-state index contributed by atoms with van der Waals surface area (Å²) in [5.41, 5.74) is 1.87. The van der Waals surface area contributed by atoms with Crippen molar-refractivity contribution < 1.29 is 14.6 Å². The predicted octanol–water partition coefficient (Wildman–Crippen LogP) is 1.95. The van der Waals surface area contributed by atoms with Crippen molar-refractivity contribution in [1.29, 1.82) is 0 Å². The van der Waals surface area contributed by atoms with E-state index in [1.807, 2.05) is 36.5 Å². The van der Waals surface area contributed by atoms with E-state index in [1.165, 1.54) is 0 Å². The van der Waals surface area contributed by atoms with Crippen LogP contribution in [0.15, 0.2) is 42.6 Å². The van der Waals surface area contributed by atoms with E-state index in [9.17, 15) is 5.11 Å². The summed E-state index contributed by atoms with van der Waals surface area (Å²) in [7, 11) is 3.24. The minimum atomic E-state index is -0.609. The van der Waals surface area contributed by atoms with Crippen LogP contribution in [0.2, 0.25) is 0 Å². The van der Waals surface area contributed by atoms with Crippen LogP contribution in [0.3, 0.4) is 0 Å². The molecule has 26 heavy (non-hydrogen) atoms. The van der Waals surface area contributed by atoms with E-state index in [4.69, 9.17) is 9.47 Å². The average molecular weight is 357 g/mol. The summed E-state index contributed by atoms with van der Waals surface area (Å²) in [6.45, 7) is 5.26. The third-order valence-electron chi connectivity index (χ3n) is 4.80. The van der Waals surface area contributed by atoms with Gasteiger partial charge in [-0.3, -0.25) is 14.8 Å². The number of benzene rings is 1. The number of aliphatic hydroxyl groups is 1. The monoisotopic (exact) mass is 357 g/mol. The number of methoxy groups -OCH3 is 2. The first kappa shape index (κ1) is 18.6. The number of aliphatic hydroxyl groups excluding tert-OH is 1. The third kappa shape index (κ3) is 4.72. The Labute approximate surface area is 155 Å². The van der Waals surface area contributed by atoms with E-state index in [0.717, 1.165) is 49.7 Å². The Balaban J connectivity index is 1.54. The molecule has 0 spiro atoms. The topological polar surface area (TPSA) is 58.1 Å². The van der Waals surface area contributed by atoms with Crippen molar-refractivity contribution in [3.8, 4) is 11.5 Å². The zero-order valence-corrected chi connectivity index (χ0v) is 15.5. The van der Waals surface area contributed by atoms with Gasteiger partial charge in [0.2, 0.25) is 0 Å². The van der Waals surface area contributed by atoms with Crippen LogP contribution < -0.4 is 9.47 Å². The Morgan fingerprint density at radius 2 is 1.81 bits per heavy atom. The van der Waals surface area contributed by atoms with Crippen molar-refractivity contribution in [2.24, 2.45) is 0 Å². The summed E-state index contributed by atoms with van der Waals surface area (Å²) in [6, 6.07) is 11.5. The number of rotatable bonds is 7. The molecule has 1 atom stereocenters. The highest BCUT2D eigenvalue weighted by Crippen LogP contribution is 2.30. The van der Waals surface area contributed by atoms with Gasteiger partial charge in [-0.1, -0.05) is 6.07 Å². The fourth-order valence-electron chi connectivity index (χ4n) is 3.29.